The summed E-state index contributed by atoms with van der Waals surface area (Å²) in [6.45, 7) is 4.19. The van der Waals surface area contributed by atoms with Gasteiger partial charge in [-0.3, -0.25) is 4.99 Å². The maximum absolute atomic E-state index is 5.92. The van der Waals surface area contributed by atoms with Gasteiger partial charge in [0.2, 0.25) is 0 Å². The Morgan fingerprint density at radius 2 is 1.93 bits per heavy atom. The normalized spacial score (nSPS) is 16.6. The quantitative estimate of drug-likeness (QED) is 0.360. The zero-order valence-electron chi connectivity index (χ0n) is 16.6. The Hall–Kier alpha value is -1.80. The third-order valence-electron chi connectivity index (χ3n) is 4.85. The minimum Gasteiger partial charge on any atom is -0.497 e. The van der Waals surface area contributed by atoms with Gasteiger partial charge in [0.1, 0.15) is 5.75 Å². The van der Waals surface area contributed by atoms with Crippen LogP contribution in [0.2, 0.25) is 0 Å². The Bertz CT molecular complexity index is 740. The first-order chi connectivity index (χ1) is 13.3. The molecule has 1 unspecified atom stereocenters. The number of methoxy groups -OCH3 is 1. The average molecular weight is 495 g/mol. The van der Waals surface area contributed by atoms with Crippen LogP contribution in [0.5, 0.6) is 5.75 Å². The molecule has 1 heterocycles. The van der Waals surface area contributed by atoms with Gasteiger partial charge in [0, 0.05) is 32.6 Å². The molecule has 28 heavy (non-hydrogen) atoms. The molecule has 0 amide bonds. The van der Waals surface area contributed by atoms with Gasteiger partial charge < -0.3 is 19.7 Å². The molecule has 0 aliphatic carbocycles. The molecule has 1 aliphatic heterocycles. The minimum absolute atomic E-state index is 0. The summed E-state index contributed by atoms with van der Waals surface area (Å²) >= 11 is 0. The van der Waals surface area contributed by atoms with E-state index in [2.05, 4.69) is 33.4 Å². The van der Waals surface area contributed by atoms with E-state index in [1.807, 2.05) is 43.4 Å². The lowest BCUT2D eigenvalue weighted by Gasteiger charge is -2.22. The molecule has 0 spiro atoms. The van der Waals surface area contributed by atoms with Crippen LogP contribution in [0.15, 0.2) is 59.6 Å². The third kappa shape index (κ3) is 6.67. The van der Waals surface area contributed by atoms with Crippen LogP contribution in [-0.2, 0) is 17.9 Å². The van der Waals surface area contributed by atoms with Crippen molar-refractivity contribution in [1.82, 2.24) is 10.2 Å². The second-order valence-electron chi connectivity index (χ2n) is 6.85. The van der Waals surface area contributed by atoms with E-state index in [1.54, 1.807) is 7.11 Å². The number of guanidine groups is 1. The molecule has 1 atom stereocenters. The van der Waals surface area contributed by atoms with Crippen molar-refractivity contribution in [2.75, 3.05) is 33.9 Å². The minimum atomic E-state index is 0. The molecule has 1 saturated heterocycles. The van der Waals surface area contributed by atoms with Crippen LogP contribution in [0.25, 0.3) is 0 Å². The van der Waals surface area contributed by atoms with Crippen LogP contribution in [0.3, 0.4) is 0 Å². The van der Waals surface area contributed by atoms with Crippen molar-refractivity contribution >= 4 is 29.9 Å². The fraction of sp³-hybridized carbons (Fsp3) is 0.409. The van der Waals surface area contributed by atoms with Crippen molar-refractivity contribution in [3.8, 4) is 5.75 Å². The molecule has 152 valence electrons. The van der Waals surface area contributed by atoms with Crippen molar-refractivity contribution in [3.05, 3.63) is 65.7 Å². The fourth-order valence-corrected chi connectivity index (χ4v) is 3.37. The van der Waals surface area contributed by atoms with E-state index in [-0.39, 0.29) is 24.0 Å². The molecular weight excluding hydrogens is 465 g/mol. The van der Waals surface area contributed by atoms with Crippen LogP contribution >= 0.6 is 24.0 Å². The summed E-state index contributed by atoms with van der Waals surface area (Å²) in [4.78, 5) is 6.77. The van der Waals surface area contributed by atoms with Crippen LogP contribution in [0, 0.1) is 5.92 Å². The molecule has 6 heteroatoms. The first-order valence-electron chi connectivity index (χ1n) is 9.48. The molecule has 0 bridgehead atoms. The van der Waals surface area contributed by atoms with Crippen molar-refractivity contribution in [3.63, 3.8) is 0 Å². The number of hydrogen-bond acceptors (Lipinski definition) is 3. The van der Waals surface area contributed by atoms with Gasteiger partial charge in [-0.1, -0.05) is 42.5 Å². The maximum atomic E-state index is 5.92. The van der Waals surface area contributed by atoms with Crippen molar-refractivity contribution in [2.45, 2.75) is 19.6 Å². The zero-order chi connectivity index (χ0) is 18.9. The Labute approximate surface area is 185 Å². The number of benzene rings is 2. The highest BCUT2D eigenvalue weighted by molar-refractivity contribution is 14.0. The largest absolute Gasteiger partial charge is 0.497 e. The summed E-state index contributed by atoms with van der Waals surface area (Å²) in [6.07, 6.45) is 1.13. The highest BCUT2D eigenvalue weighted by Gasteiger charge is 2.24. The number of aliphatic imine (C=N–C) groups is 1. The summed E-state index contributed by atoms with van der Waals surface area (Å²) in [5, 5.41) is 3.46. The molecule has 1 aliphatic rings. The van der Waals surface area contributed by atoms with Crippen molar-refractivity contribution < 1.29 is 9.47 Å². The number of halogens is 1. The monoisotopic (exact) mass is 495 g/mol. The summed E-state index contributed by atoms with van der Waals surface area (Å²) in [5.74, 6) is 2.37. The van der Waals surface area contributed by atoms with Gasteiger partial charge in [-0.25, -0.2) is 0 Å². The van der Waals surface area contributed by atoms with E-state index < -0.39 is 0 Å². The van der Waals surface area contributed by atoms with Crippen LogP contribution in [0.4, 0.5) is 0 Å². The van der Waals surface area contributed by atoms with Crippen LogP contribution < -0.4 is 10.1 Å². The predicted molar refractivity (Wildman–Crippen MR) is 124 cm³/mol. The Kier molecular flexibility index (Phi) is 9.57. The third-order valence-corrected chi connectivity index (χ3v) is 4.85. The summed E-state index contributed by atoms with van der Waals surface area (Å²) in [5.41, 5.74) is 2.40. The molecule has 0 aromatic heterocycles. The van der Waals surface area contributed by atoms with Gasteiger partial charge in [-0.2, -0.15) is 0 Å². The smallest absolute Gasteiger partial charge is 0.193 e. The summed E-state index contributed by atoms with van der Waals surface area (Å²) in [7, 11) is 3.53. The molecule has 2 aromatic carbocycles. The highest BCUT2D eigenvalue weighted by Crippen LogP contribution is 2.18. The van der Waals surface area contributed by atoms with Gasteiger partial charge >= 0.3 is 0 Å². The molecule has 0 radical (unpaired) electrons. The Balaban J connectivity index is 0.00000280. The summed E-state index contributed by atoms with van der Waals surface area (Å²) < 4.78 is 11.2. The number of hydrogen-bond donors (Lipinski definition) is 1. The highest BCUT2D eigenvalue weighted by atomic mass is 127. The predicted octanol–water partition coefficient (Wildman–Crippen LogP) is 3.93. The van der Waals surface area contributed by atoms with Crippen LogP contribution in [0.1, 0.15) is 17.5 Å². The molecule has 5 nitrogen and oxygen atoms in total. The zero-order valence-corrected chi connectivity index (χ0v) is 19.0. The Morgan fingerprint density at radius 3 is 2.68 bits per heavy atom. The lowest BCUT2D eigenvalue weighted by Crippen LogP contribution is -2.39. The lowest BCUT2D eigenvalue weighted by molar-refractivity contribution is 0.0906. The van der Waals surface area contributed by atoms with E-state index in [0.717, 1.165) is 44.4 Å². The standard InChI is InChI=1S/C22H29N3O2.HI/c1-23-22(24-14-19-9-6-10-21(13-19)26-2)25-12-11-20(15-25)17-27-16-18-7-4-3-5-8-18;/h3-10,13,20H,11-12,14-17H2,1-2H3,(H,23,24);1H. The van der Waals surface area contributed by atoms with E-state index in [9.17, 15) is 0 Å². The molecule has 1 N–H and O–H groups in total. The Morgan fingerprint density at radius 1 is 1.14 bits per heavy atom. The van der Waals surface area contributed by atoms with E-state index in [4.69, 9.17) is 9.47 Å². The number of nitrogens with one attached hydrogen (secondary N) is 1. The van der Waals surface area contributed by atoms with Gasteiger partial charge in [-0.15, -0.1) is 24.0 Å². The molecule has 2 aromatic rings. The van der Waals surface area contributed by atoms with Crippen molar-refractivity contribution in [2.24, 2.45) is 10.9 Å². The van der Waals surface area contributed by atoms with E-state index >= 15 is 0 Å². The molecule has 1 fully saturated rings. The van der Waals surface area contributed by atoms with Crippen molar-refractivity contribution in [1.29, 1.82) is 0 Å². The van der Waals surface area contributed by atoms with Gasteiger partial charge in [0.25, 0.3) is 0 Å². The van der Waals surface area contributed by atoms with Gasteiger partial charge in [0.05, 0.1) is 20.3 Å². The summed E-state index contributed by atoms with van der Waals surface area (Å²) in [6, 6.07) is 18.4. The SMILES string of the molecule is CN=C(NCc1cccc(OC)c1)N1CCC(COCc2ccccc2)C1.I. The molecule has 0 saturated carbocycles. The van der Waals surface area contributed by atoms with E-state index in [0.29, 0.717) is 12.5 Å². The number of ether oxygens (including phenoxy) is 2. The molecule has 3 rings (SSSR count). The van der Waals surface area contributed by atoms with E-state index in [1.165, 1.54) is 11.1 Å². The second kappa shape index (κ2) is 11.9. The topological polar surface area (TPSA) is 46.1 Å². The number of likely N-dealkylation sites (tertiary alicyclic amines) is 1. The van der Waals surface area contributed by atoms with Gasteiger partial charge in [0.15, 0.2) is 5.96 Å². The second-order valence-corrected chi connectivity index (χ2v) is 6.85. The maximum Gasteiger partial charge on any atom is 0.193 e. The number of rotatable bonds is 7. The molecular formula is C22H30IN3O2. The van der Waals surface area contributed by atoms with Gasteiger partial charge in [-0.05, 0) is 29.7 Å². The fourth-order valence-electron chi connectivity index (χ4n) is 3.37. The van der Waals surface area contributed by atoms with Crippen LogP contribution in [-0.4, -0.2) is 44.7 Å². The average Bonchev–Trinajstić information content (AvgIpc) is 3.18. The first kappa shape index (κ1) is 22.5. The lowest BCUT2D eigenvalue weighted by atomic mass is 10.1. The number of nitrogens with zero attached hydrogens (tertiary/aromatic N) is 2. The first-order valence-corrected chi connectivity index (χ1v) is 9.48.